The standard InChI is InChI=1S/C21H22N2O4S/c1-26-16-9-10-17(18(11-16)27-2)23-19(24)12-28-21(23)14-5-7-15(8-6-14)22-20(25)13-3-4-13/h5-11,13,21H,3-4,12H2,1-2H3,(H,22,25)/t21-/m0/s1. The smallest absolute Gasteiger partial charge is 0.238 e. The molecular weight excluding hydrogens is 376 g/mol. The van der Waals surface area contributed by atoms with Gasteiger partial charge in [-0.15, -0.1) is 11.8 Å². The third-order valence-corrected chi connectivity index (χ3v) is 6.14. The zero-order valence-corrected chi connectivity index (χ0v) is 16.6. The van der Waals surface area contributed by atoms with Crippen LogP contribution in [0, 0.1) is 5.92 Å². The fraction of sp³-hybridized carbons (Fsp3) is 0.333. The van der Waals surface area contributed by atoms with E-state index in [1.165, 1.54) is 0 Å². The lowest BCUT2D eigenvalue weighted by Gasteiger charge is -2.26. The lowest BCUT2D eigenvalue weighted by atomic mass is 10.1. The van der Waals surface area contributed by atoms with Crippen molar-refractivity contribution >= 4 is 35.0 Å². The van der Waals surface area contributed by atoms with Gasteiger partial charge in [-0.3, -0.25) is 14.5 Å². The van der Waals surface area contributed by atoms with Crippen molar-refractivity contribution in [1.29, 1.82) is 0 Å². The minimum atomic E-state index is -0.150. The van der Waals surface area contributed by atoms with Crippen molar-refractivity contribution in [3.05, 3.63) is 48.0 Å². The quantitative estimate of drug-likeness (QED) is 0.801. The molecule has 1 atom stereocenters. The van der Waals surface area contributed by atoms with E-state index < -0.39 is 0 Å². The molecule has 0 spiro atoms. The van der Waals surface area contributed by atoms with Crippen molar-refractivity contribution in [2.75, 3.05) is 30.2 Å². The summed E-state index contributed by atoms with van der Waals surface area (Å²) < 4.78 is 10.7. The summed E-state index contributed by atoms with van der Waals surface area (Å²) in [6.45, 7) is 0. The molecule has 0 bridgehead atoms. The SMILES string of the molecule is COc1ccc(N2C(=O)CS[C@H]2c2ccc(NC(=O)C3CC3)cc2)c(OC)c1. The molecule has 2 aromatic carbocycles. The molecular formula is C21H22N2O4S. The first-order valence-corrected chi connectivity index (χ1v) is 10.2. The molecule has 6 nitrogen and oxygen atoms in total. The van der Waals surface area contributed by atoms with Gasteiger partial charge >= 0.3 is 0 Å². The van der Waals surface area contributed by atoms with Crippen molar-refractivity contribution in [2.45, 2.75) is 18.2 Å². The van der Waals surface area contributed by atoms with Crippen molar-refractivity contribution in [3.63, 3.8) is 0 Å². The molecule has 0 unspecified atom stereocenters. The largest absolute Gasteiger partial charge is 0.497 e. The maximum Gasteiger partial charge on any atom is 0.238 e. The van der Waals surface area contributed by atoms with E-state index in [9.17, 15) is 9.59 Å². The van der Waals surface area contributed by atoms with Gasteiger partial charge in [-0.2, -0.15) is 0 Å². The van der Waals surface area contributed by atoms with Crippen LogP contribution in [0.4, 0.5) is 11.4 Å². The van der Waals surface area contributed by atoms with E-state index in [4.69, 9.17) is 9.47 Å². The molecule has 28 heavy (non-hydrogen) atoms. The van der Waals surface area contributed by atoms with E-state index in [2.05, 4.69) is 5.32 Å². The van der Waals surface area contributed by atoms with Gasteiger partial charge < -0.3 is 14.8 Å². The Morgan fingerprint density at radius 1 is 1.11 bits per heavy atom. The van der Waals surface area contributed by atoms with Crippen molar-refractivity contribution < 1.29 is 19.1 Å². The molecule has 0 radical (unpaired) electrons. The summed E-state index contributed by atoms with van der Waals surface area (Å²) in [7, 11) is 3.18. The summed E-state index contributed by atoms with van der Waals surface area (Å²) in [4.78, 5) is 26.3. The number of nitrogens with zero attached hydrogens (tertiary/aromatic N) is 1. The highest BCUT2D eigenvalue weighted by atomic mass is 32.2. The van der Waals surface area contributed by atoms with Crippen LogP contribution in [0.2, 0.25) is 0 Å². The topological polar surface area (TPSA) is 67.9 Å². The van der Waals surface area contributed by atoms with Gasteiger partial charge in [0.25, 0.3) is 0 Å². The van der Waals surface area contributed by atoms with E-state index in [1.807, 2.05) is 36.4 Å². The number of benzene rings is 2. The van der Waals surface area contributed by atoms with Crippen LogP contribution in [-0.4, -0.2) is 31.8 Å². The van der Waals surface area contributed by atoms with Crippen molar-refractivity contribution in [2.24, 2.45) is 5.92 Å². The Kier molecular flexibility index (Phi) is 5.17. The van der Waals surface area contributed by atoms with E-state index in [0.29, 0.717) is 17.3 Å². The predicted molar refractivity (Wildman–Crippen MR) is 110 cm³/mol. The first kappa shape index (κ1) is 18.7. The molecule has 2 fully saturated rings. The molecule has 2 aliphatic rings. The molecule has 1 N–H and O–H groups in total. The van der Waals surface area contributed by atoms with Crippen LogP contribution in [0.5, 0.6) is 11.5 Å². The van der Waals surface area contributed by atoms with Gasteiger partial charge in [-0.05, 0) is 42.7 Å². The number of methoxy groups -OCH3 is 2. The number of hydrogen-bond acceptors (Lipinski definition) is 5. The summed E-state index contributed by atoms with van der Waals surface area (Å²) in [6, 6.07) is 13.1. The molecule has 1 saturated carbocycles. The fourth-order valence-electron chi connectivity index (χ4n) is 3.24. The molecule has 1 aliphatic heterocycles. The average Bonchev–Trinajstić information content (AvgIpc) is 3.51. The summed E-state index contributed by atoms with van der Waals surface area (Å²) in [5.41, 5.74) is 2.50. The van der Waals surface area contributed by atoms with Gasteiger partial charge in [-0.1, -0.05) is 12.1 Å². The van der Waals surface area contributed by atoms with Crippen LogP contribution in [0.15, 0.2) is 42.5 Å². The lowest BCUT2D eigenvalue weighted by molar-refractivity contribution is -0.117. The minimum absolute atomic E-state index is 0.0320. The maximum atomic E-state index is 12.6. The second kappa shape index (κ2) is 7.75. The minimum Gasteiger partial charge on any atom is -0.497 e. The van der Waals surface area contributed by atoms with Crippen LogP contribution in [0.3, 0.4) is 0 Å². The van der Waals surface area contributed by atoms with E-state index in [1.54, 1.807) is 36.9 Å². The molecule has 2 amide bonds. The van der Waals surface area contributed by atoms with Crippen LogP contribution in [0.1, 0.15) is 23.8 Å². The highest BCUT2D eigenvalue weighted by molar-refractivity contribution is 8.00. The molecule has 1 aliphatic carbocycles. The monoisotopic (exact) mass is 398 g/mol. The summed E-state index contributed by atoms with van der Waals surface area (Å²) in [6.07, 6.45) is 1.95. The number of carbonyl (C=O) groups excluding carboxylic acids is 2. The Bertz CT molecular complexity index is 896. The Balaban J connectivity index is 1.58. The first-order valence-electron chi connectivity index (χ1n) is 9.17. The van der Waals surface area contributed by atoms with Gasteiger partial charge in [0.15, 0.2) is 0 Å². The Morgan fingerprint density at radius 3 is 2.50 bits per heavy atom. The van der Waals surface area contributed by atoms with Gasteiger partial charge in [0.1, 0.15) is 16.9 Å². The number of ether oxygens (including phenoxy) is 2. The Morgan fingerprint density at radius 2 is 1.86 bits per heavy atom. The molecule has 1 heterocycles. The van der Waals surface area contributed by atoms with E-state index in [-0.39, 0.29) is 23.1 Å². The van der Waals surface area contributed by atoms with Gasteiger partial charge in [0.2, 0.25) is 11.8 Å². The molecule has 0 aromatic heterocycles. The van der Waals surface area contributed by atoms with Crippen LogP contribution in [-0.2, 0) is 9.59 Å². The van der Waals surface area contributed by atoms with E-state index in [0.717, 1.165) is 29.8 Å². The summed E-state index contributed by atoms with van der Waals surface area (Å²) >= 11 is 1.57. The van der Waals surface area contributed by atoms with Crippen molar-refractivity contribution in [1.82, 2.24) is 0 Å². The summed E-state index contributed by atoms with van der Waals surface area (Å²) in [5, 5.41) is 2.79. The number of amides is 2. The lowest BCUT2D eigenvalue weighted by Crippen LogP contribution is -2.28. The number of rotatable bonds is 6. The number of carbonyl (C=O) groups is 2. The number of nitrogens with one attached hydrogen (secondary N) is 1. The Hall–Kier alpha value is -2.67. The number of thioether (sulfide) groups is 1. The molecule has 146 valence electrons. The first-order chi connectivity index (χ1) is 13.6. The zero-order chi connectivity index (χ0) is 19.7. The second-order valence-corrected chi connectivity index (χ2v) is 7.92. The number of hydrogen-bond donors (Lipinski definition) is 1. The summed E-state index contributed by atoms with van der Waals surface area (Å²) in [5.74, 6) is 1.95. The number of anilines is 2. The third kappa shape index (κ3) is 3.67. The molecule has 4 rings (SSSR count). The van der Waals surface area contributed by atoms with Crippen LogP contribution in [0.25, 0.3) is 0 Å². The Labute approximate surface area is 168 Å². The van der Waals surface area contributed by atoms with Crippen LogP contribution < -0.4 is 19.7 Å². The van der Waals surface area contributed by atoms with Gasteiger partial charge in [-0.25, -0.2) is 0 Å². The average molecular weight is 398 g/mol. The zero-order valence-electron chi connectivity index (χ0n) is 15.8. The fourth-order valence-corrected chi connectivity index (χ4v) is 4.41. The third-order valence-electron chi connectivity index (χ3n) is 4.93. The molecule has 1 saturated heterocycles. The van der Waals surface area contributed by atoms with Gasteiger partial charge in [0.05, 0.1) is 25.7 Å². The molecule has 7 heteroatoms. The van der Waals surface area contributed by atoms with Crippen LogP contribution >= 0.6 is 11.8 Å². The predicted octanol–water partition coefficient (Wildman–Crippen LogP) is 3.83. The van der Waals surface area contributed by atoms with Crippen molar-refractivity contribution in [3.8, 4) is 11.5 Å². The highest BCUT2D eigenvalue weighted by Crippen LogP contribution is 2.45. The normalized spacial score (nSPS) is 18.9. The van der Waals surface area contributed by atoms with Gasteiger partial charge in [0, 0.05) is 17.7 Å². The van der Waals surface area contributed by atoms with E-state index >= 15 is 0 Å². The maximum absolute atomic E-state index is 12.6. The second-order valence-electron chi connectivity index (χ2n) is 6.85. The molecule has 2 aromatic rings. The highest BCUT2D eigenvalue weighted by Gasteiger charge is 2.36.